The Labute approximate surface area is 137 Å². The van der Waals surface area contributed by atoms with Crippen LogP contribution in [0.2, 0.25) is 0 Å². The predicted molar refractivity (Wildman–Crippen MR) is 85.3 cm³/mol. The van der Waals surface area contributed by atoms with Crippen molar-refractivity contribution in [3.05, 3.63) is 41.6 Å². The minimum Gasteiger partial charge on any atom is -0.364 e. The fourth-order valence-corrected chi connectivity index (χ4v) is 2.94. The summed E-state index contributed by atoms with van der Waals surface area (Å²) in [6.07, 6.45) is 3.99. The predicted octanol–water partition coefficient (Wildman–Crippen LogP) is -0.193. The van der Waals surface area contributed by atoms with E-state index < -0.39 is 5.91 Å². The lowest BCUT2D eigenvalue weighted by Crippen LogP contribution is -2.26. The number of rotatable bonds is 3. The van der Waals surface area contributed by atoms with Gasteiger partial charge in [0.15, 0.2) is 17.3 Å². The van der Waals surface area contributed by atoms with Gasteiger partial charge in [0.25, 0.3) is 5.91 Å². The van der Waals surface area contributed by atoms with Gasteiger partial charge in [0.05, 0.1) is 5.69 Å². The Kier molecular flexibility index (Phi) is 3.35. The maximum absolute atomic E-state index is 11.6. The first-order valence-corrected chi connectivity index (χ1v) is 7.57. The summed E-state index contributed by atoms with van der Waals surface area (Å²) in [7, 11) is 1.83. The maximum atomic E-state index is 11.6. The van der Waals surface area contributed by atoms with Crippen LogP contribution in [0.15, 0.2) is 24.7 Å². The van der Waals surface area contributed by atoms with Crippen molar-refractivity contribution in [2.24, 2.45) is 12.8 Å². The summed E-state index contributed by atoms with van der Waals surface area (Å²) >= 11 is 0. The molecule has 122 valence electrons. The molecule has 4 heterocycles. The number of hydrogen-bond acceptors (Lipinski definition) is 6. The molecule has 1 aliphatic heterocycles. The van der Waals surface area contributed by atoms with Crippen molar-refractivity contribution < 1.29 is 4.79 Å². The molecule has 3 aromatic rings. The Morgan fingerprint density at radius 1 is 1.33 bits per heavy atom. The van der Waals surface area contributed by atoms with Gasteiger partial charge < -0.3 is 11.1 Å². The van der Waals surface area contributed by atoms with Gasteiger partial charge in [-0.05, 0) is 12.1 Å². The van der Waals surface area contributed by atoms with Gasteiger partial charge in [0, 0.05) is 43.9 Å². The summed E-state index contributed by atoms with van der Waals surface area (Å²) in [4.78, 5) is 20.3. The van der Waals surface area contributed by atoms with Crippen molar-refractivity contribution in [2.45, 2.75) is 13.0 Å². The number of hydrogen-bond donors (Lipinski definition) is 2. The van der Waals surface area contributed by atoms with Gasteiger partial charge in [-0.15, -0.1) is 0 Å². The first kappa shape index (κ1) is 14.5. The number of nitrogens with zero attached hydrogens (tertiary/aromatic N) is 6. The zero-order valence-corrected chi connectivity index (χ0v) is 13.1. The highest BCUT2D eigenvalue weighted by atomic mass is 16.1. The van der Waals surface area contributed by atoms with Crippen LogP contribution >= 0.6 is 0 Å². The molecule has 0 spiro atoms. The fraction of sp³-hybridized carbons (Fsp3) is 0.267. The third-order valence-corrected chi connectivity index (χ3v) is 4.10. The summed E-state index contributed by atoms with van der Waals surface area (Å²) in [5, 5.41) is 11.7. The lowest BCUT2D eigenvalue weighted by atomic mass is 10.1. The molecular formula is C15H16N8O. The third kappa shape index (κ3) is 2.26. The van der Waals surface area contributed by atoms with Gasteiger partial charge in [-0.3, -0.25) is 4.79 Å². The normalized spacial score (nSPS) is 13.7. The molecule has 0 aliphatic carbocycles. The lowest BCUT2D eigenvalue weighted by molar-refractivity contribution is 0.0994. The quantitative estimate of drug-likeness (QED) is 0.689. The van der Waals surface area contributed by atoms with Crippen molar-refractivity contribution in [2.75, 3.05) is 6.54 Å². The van der Waals surface area contributed by atoms with Gasteiger partial charge >= 0.3 is 0 Å². The second-order valence-electron chi connectivity index (χ2n) is 5.59. The van der Waals surface area contributed by atoms with Crippen LogP contribution in [-0.2, 0) is 20.0 Å². The van der Waals surface area contributed by atoms with Crippen molar-refractivity contribution >= 4 is 5.91 Å². The number of nitrogens with one attached hydrogen (secondary N) is 1. The molecule has 1 aliphatic rings. The lowest BCUT2D eigenvalue weighted by Gasteiger charge is -2.15. The molecule has 0 radical (unpaired) electrons. The van der Waals surface area contributed by atoms with Crippen LogP contribution in [0.1, 0.15) is 21.7 Å². The number of fused-ring (bicyclic) bond motifs is 1. The smallest absolute Gasteiger partial charge is 0.269 e. The molecule has 4 rings (SSSR count). The number of aromatic nitrogens is 6. The first-order valence-electron chi connectivity index (χ1n) is 7.57. The highest BCUT2D eigenvalue weighted by Crippen LogP contribution is 2.22. The van der Waals surface area contributed by atoms with Gasteiger partial charge in [0.1, 0.15) is 6.33 Å². The van der Waals surface area contributed by atoms with Crippen molar-refractivity contribution in [1.29, 1.82) is 0 Å². The largest absolute Gasteiger partial charge is 0.364 e. The molecule has 0 saturated heterocycles. The van der Waals surface area contributed by atoms with Crippen LogP contribution in [-0.4, -0.2) is 42.0 Å². The van der Waals surface area contributed by atoms with Gasteiger partial charge in [-0.25, -0.2) is 19.3 Å². The molecule has 1 amide bonds. The average molecular weight is 324 g/mol. The maximum Gasteiger partial charge on any atom is 0.269 e. The highest BCUT2D eigenvalue weighted by molar-refractivity contribution is 5.92. The van der Waals surface area contributed by atoms with Crippen molar-refractivity contribution in [1.82, 2.24) is 34.8 Å². The number of carbonyl (C=O) groups excluding carboxylic acids is 1. The minimum absolute atomic E-state index is 0.302. The zero-order chi connectivity index (χ0) is 16.7. The third-order valence-electron chi connectivity index (χ3n) is 4.10. The SMILES string of the molecule is Cn1ncnc1-c1ccc(-n2nc(C(N)=O)c3c2CCNC3)nc1. The number of pyridine rings is 1. The molecular weight excluding hydrogens is 308 g/mol. The van der Waals surface area contributed by atoms with Gasteiger partial charge in [-0.2, -0.15) is 10.2 Å². The standard InChI is InChI=1S/C15H16N8O/c1-22-15(19-8-20-22)9-2-3-12(18-6-9)23-11-4-5-17-7-10(11)13(21-23)14(16)24/h2-3,6,8,17H,4-5,7H2,1H3,(H2,16,24). The molecule has 3 N–H and O–H groups in total. The van der Waals surface area contributed by atoms with Crippen LogP contribution < -0.4 is 11.1 Å². The molecule has 0 saturated carbocycles. The Balaban J connectivity index is 1.77. The Morgan fingerprint density at radius 2 is 2.21 bits per heavy atom. The zero-order valence-electron chi connectivity index (χ0n) is 13.1. The van der Waals surface area contributed by atoms with Crippen LogP contribution in [0.25, 0.3) is 17.2 Å². The molecule has 24 heavy (non-hydrogen) atoms. The van der Waals surface area contributed by atoms with E-state index in [4.69, 9.17) is 5.73 Å². The van der Waals surface area contributed by atoms with Crippen LogP contribution in [0.3, 0.4) is 0 Å². The average Bonchev–Trinajstić information content (AvgIpc) is 3.19. The second-order valence-corrected chi connectivity index (χ2v) is 5.59. The summed E-state index contributed by atoms with van der Waals surface area (Å²) in [6.45, 7) is 1.42. The number of carbonyl (C=O) groups is 1. The van der Waals surface area contributed by atoms with E-state index in [1.807, 2.05) is 19.2 Å². The molecule has 9 nitrogen and oxygen atoms in total. The molecule has 0 atom stereocenters. The summed E-state index contributed by atoms with van der Waals surface area (Å²) in [6, 6.07) is 3.76. The summed E-state index contributed by atoms with van der Waals surface area (Å²) in [5.41, 5.74) is 8.44. The first-order chi connectivity index (χ1) is 11.6. The highest BCUT2D eigenvalue weighted by Gasteiger charge is 2.24. The van der Waals surface area contributed by atoms with Crippen LogP contribution in [0, 0.1) is 0 Å². The van der Waals surface area contributed by atoms with Gasteiger partial charge in [-0.1, -0.05) is 0 Å². The summed E-state index contributed by atoms with van der Waals surface area (Å²) in [5.74, 6) is 0.856. The van der Waals surface area contributed by atoms with E-state index in [1.54, 1.807) is 15.6 Å². The monoisotopic (exact) mass is 324 g/mol. The van der Waals surface area contributed by atoms with Crippen molar-refractivity contribution in [3.8, 4) is 17.2 Å². The number of aryl methyl sites for hydroxylation is 1. The Morgan fingerprint density at radius 3 is 2.88 bits per heavy atom. The van der Waals surface area contributed by atoms with E-state index in [-0.39, 0.29) is 0 Å². The van der Waals surface area contributed by atoms with E-state index in [9.17, 15) is 4.79 Å². The van der Waals surface area contributed by atoms with Crippen molar-refractivity contribution in [3.63, 3.8) is 0 Å². The van der Waals surface area contributed by atoms with Crippen LogP contribution in [0.4, 0.5) is 0 Å². The topological polar surface area (TPSA) is 117 Å². The number of primary amides is 1. The van der Waals surface area contributed by atoms with E-state index >= 15 is 0 Å². The molecule has 3 aromatic heterocycles. The number of amides is 1. The molecule has 0 aromatic carbocycles. The molecule has 0 bridgehead atoms. The fourth-order valence-electron chi connectivity index (χ4n) is 2.94. The van der Waals surface area contributed by atoms with E-state index in [1.165, 1.54) is 6.33 Å². The van der Waals surface area contributed by atoms with Gasteiger partial charge in [0.2, 0.25) is 0 Å². The van der Waals surface area contributed by atoms with E-state index in [0.717, 1.165) is 35.6 Å². The molecule has 9 heteroatoms. The van der Waals surface area contributed by atoms with Crippen LogP contribution in [0.5, 0.6) is 0 Å². The Hall–Kier alpha value is -3.07. The Bertz CT molecular complexity index is 908. The second kappa shape index (κ2) is 5.53. The van der Waals surface area contributed by atoms with E-state index in [2.05, 4.69) is 25.5 Å². The minimum atomic E-state index is -0.524. The van der Waals surface area contributed by atoms with E-state index in [0.29, 0.717) is 18.1 Å². The summed E-state index contributed by atoms with van der Waals surface area (Å²) < 4.78 is 3.39. The molecule has 0 fully saturated rings. The molecule has 0 unspecified atom stereocenters. The number of nitrogens with two attached hydrogens (primary N) is 1.